The van der Waals surface area contributed by atoms with Crippen LogP contribution in [0.4, 0.5) is 11.4 Å². The molecule has 1 saturated heterocycles. The number of non-ortho nitro benzene ring substituents is 1. The maximum Gasteiger partial charge on any atom is 0.269 e. The molecule has 1 heterocycles. The second-order valence-electron chi connectivity index (χ2n) is 3.47. The van der Waals surface area contributed by atoms with E-state index < -0.39 is 4.92 Å². The molecule has 1 aliphatic rings. The van der Waals surface area contributed by atoms with Gasteiger partial charge in [0.1, 0.15) is 0 Å². The van der Waals surface area contributed by atoms with Gasteiger partial charge in [-0.05, 0) is 12.1 Å². The van der Waals surface area contributed by atoms with Crippen LogP contribution in [0.2, 0.25) is 0 Å². The van der Waals surface area contributed by atoms with Crippen LogP contribution in [0.15, 0.2) is 24.3 Å². The number of nitro benzene ring substituents is 1. The fourth-order valence-corrected chi connectivity index (χ4v) is 1.57. The second kappa shape index (κ2) is 3.73. The largest absolute Gasteiger partial charge is 0.305 e. The number of benzene rings is 1. The predicted octanol–water partition coefficient (Wildman–Crippen LogP) is 0.901. The molecular weight excluding hydrogens is 212 g/mol. The van der Waals surface area contributed by atoms with Crippen LogP contribution < -0.4 is 4.90 Å². The molecule has 2 rings (SSSR count). The third-order valence-electron chi connectivity index (χ3n) is 2.36. The number of anilines is 1. The lowest BCUT2D eigenvalue weighted by atomic mass is 10.2. The summed E-state index contributed by atoms with van der Waals surface area (Å²) in [5.74, 6) is -0.401. The number of amides is 1. The molecule has 0 aromatic heterocycles. The number of ketones is 1. The molecule has 6 nitrogen and oxygen atoms in total. The lowest BCUT2D eigenvalue weighted by Gasteiger charge is -2.13. The molecule has 0 bridgehead atoms. The molecule has 0 radical (unpaired) electrons. The van der Waals surface area contributed by atoms with Crippen molar-refractivity contribution < 1.29 is 14.5 Å². The van der Waals surface area contributed by atoms with Crippen LogP contribution in [0.5, 0.6) is 0 Å². The zero-order valence-electron chi connectivity index (χ0n) is 8.25. The topological polar surface area (TPSA) is 80.5 Å². The third-order valence-corrected chi connectivity index (χ3v) is 2.36. The van der Waals surface area contributed by atoms with Gasteiger partial charge in [0.25, 0.3) is 5.69 Å². The van der Waals surface area contributed by atoms with E-state index in [0.29, 0.717) is 5.69 Å². The Balaban J connectivity index is 2.25. The minimum atomic E-state index is -0.513. The van der Waals surface area contributed by atoms with Crippen LogP contribution in [0, 0.1) is 10.1 Å². The molecule has 0 N–H and O–H groups in total. The fraction of sp³-hybridized carbons (Fsp3) is 0.200. The van der Waals surface area contributed by atoms with Crippen molar-refractivity contribution in [3.63, 3.8) is 0 Å². The molecule has 6 heteroatoms. The highest BCUT2D eigenvalue weighted by molar-refractivity contribution is 6.15. The summed E-state index contributed by atoms with van der Waals surface area (Å²) in [5.41, 5.74) is 0.475. The maximum atomic E-state index is 11.4. The van der Waals surface area contributed by atoms with Gasteiger partial charge in [0.2, 0.25) is 5.91 Å². The van der Waals surface area contributed by atoms with E-state index in [-0.39, 0.29) is 30.3 Å². The van der Waals surface area contributed by atoms with E-state index in [2.05, 4.69) is 0 Å². The van der Waals surface area contributed by atoms with Gasteiger partial charge in [0.05, 0.1) is 17.9 Å². The Labute approximate surface area is 90.6 Å². The van der Waals surface area contributed by atoms with E-state index in [9.17, 15) is 19.7 Å². The Morgan fingerprint density at radius 2 is 1.81 bits per heavy atom. The van der Waals surface area contributed by atoms with Crippen molar-refractivity contribution >= 4 is 23.1 Å². The minimum Gasteiger partial charge on any atom is -0.305 e. The Hall–Kier alpha value is -2.24. The van der Waals surface area contributed by atoms with Crippen LogP contribution in [-0.2, 0) is 9.59 Å². The maximum absolute atomic E-state index is 11.4. The first-order valence-electron chi connectivity index (χ1n) is 4.64. The first-order valence-corrected chi connectivity index (χ1v) is 4.64. The first kappa shape index (κ1) is 10.3. The molecule has 0 aliphatic carbocycles. The van der Waals surface area contributed by atoms with E-state index in [1.54, 1.807) is 0 Å². The van der Waals surface area contributed by atoms with E-state index in [1.165, 1.54) is 29.2 Å². The third kappa shape index (κ3) is 1.77. The number of carbonyl (C=O) groups is 2. The Morgan fingerprint density at radius 1 is 1.19 bits per heavy atom. The lowest BCUT2D eigenvalue weighted by molar-refractivity contribution is -0.384. The van der Waals surface area contributed by atoms with Gasteiger partial charge in [-0.15, -0.1) is 0 Å². The zero-order valence-corrected chi connectivity index (χ0v) is 8.25. The molecule has 82 valence electrons. The van der Waals surface area contributed by atoms with Gasteiger partial charge < -0.3 is 4.90 Å². The van der Waals surface area contributed by atoms with Crippen LogP contribution >= 0.6 is 0 Å². The van der Waals surface area contributed by atoms with Crippen molar-refractivity contribution in [3.8, 4) is 0 Å². The zero-order chi connectivity index (χ0) is 11.7. The highest BCUT2D eigenvalue weighted by atomic mass is 16.6. The average molecular weight is 220 g/mol. The van der Waals surface area contributed by atoms with Crippen molar-refractivity contribution in [1.29, 1.82) is 0 Å². The summed E-state index contributed by atoms with van der Waals surface area (Å²) in [6.07, 6.45) is -0.0863. The highest BCUT2D eigenvalue weighted by Crippen LogP contribution is 2.22. The number of hydrogen-bond donors (Lipinski definition) is 0. The monoisotopic (exact) mass is 220 g/mol. The van der Waals surface area contributed by atoms with Gasteiger partial charge in [0.15, 0.2) is 5.78 Å². The van der Waals surface area contributed by atoms with E-state index >= 15 is 0 Å². The summed E-state index contributed by atoms with van der Waals surface area (Å²) < 4.78 is 0. The van der Waals surface area contributed by atoms with Crippen molar-refractivity contribution in [1.82, 2.24) is 0 Å². The molecule has 1 aromatic carbocycles. The number of nitro groups is 1. The first-order chi connectivity index (χ1) is 7.58. The van der Waals surface area contributed by atoms with Crippen molar-refractivity contribution in [2.45, 2.75) is 6.42 Å². The number of nitrogens with zero attached hydrogens (tertiary/aromatic N) is 2. The number of Topliss-reactive ketones (excluding diaryl/α,β-unsaturated/α-hetero) is 1. The molecule has 16 heavy (non-hydrogen) atoms. The van der Waals surface area contributed by atoms with E-state index in [4.69, 9.17) is 0 Å². The number of rotatable bonds is 2. The smallest absolute Gasteiger partial charge is 0.269 e. The number of carbonyl (C=O) groups excluding carboxylic acids is 2. The summed E-state index contributed by atoms with van der Waals surface area (Å²) >= 11 is 0. The molecular formula is C10H8N2O4. The van der Waals surface area contributed by atoms with E-state index in [1.807, 2.05) is 0 Å². The predicted molar refractivity (Wildman–Crippen MR) is 55.1 cm³/mol. The van der Waals surface area contributed by atoms with Gasteiger partial charge >= 0.3 is 0 Å². The quantitative estimate of drug-likeness (QED) is 0.421. The fourth-order valence-electron chi connectivity index (χ4n) is 1.57. The summed E-state index contributed by atoms with van der Waals surface area (Å²) in [5, 5.41) is 10.4. The summed E-state index contributed by atoms with van der Waals surface area (Å²) in [4.78, 5) is 33.6. The van der Waals surface area contributed by atoms with E-state index in [0.717, 1.165) is 0 Å². The molecule has 1 fully saturated rings. The van der Waals surface area contributed by atoms with Crippen LogP contribution in [0.1, 0.15) is 6.42 Å². The van der Waals surface area contributed by atoms with Crippen molar-refractivity contribution in [3.05, 3.63) is 34.4 Å². The van der Waals surface area contributed by atoms with Crippen LogP contribution in [0.3, 0.4) is 0 Å². The van der Waals surface area contributed by atoms with Crippen molar-refractivity contribution in [2.24, 2.45) is 0 Å². The summed E-state index contributed by atoms with van der Waals surface area (Å²) in [7, 11) is 0. The molecule has 1 amide bonds. The summed E-state index contributed by atoms with van der Waals surface area (Å²) in [6, 6.07) is 5.56. The number of hydrogen-bond acceptors (Lipinski definition) is 4. The normalized spacial score (nSPS) is 15.6. The van der Waals surface area contributed by atoms with Crippen LogP contribution in [-0.4, -0.2) is 23.2 Å². The average Bonchev–Trinajstić information content (AvgIpc) is 2.58. The van der Waals surface area contributed by atoms with Crippen molar-refractivity contribution in [2.75, 3.05) is 11.4 Å². The second-order valence-corrected chi connectivity index (χ2v) is 3.47. The van der Waals surface area contributed by atoms with Gasteiger partial charge in [-0.25, -0.2) is 0 Å². The van der Waals surface area contributed by atoms with Crippen LogP contribution in [0.25, 0.3) is 0 Å². The summed E-state index contributed by atoms with van der Waals surface area (Å²) in [6.45, 7) is 0.0522. The Kier molecular flexibility index (Phi) is 2.40. The standard InChI is InChI=1S/C10H8N2O4/c13-9-5-10(14)11(6-9)7-1-3-8(4-2-7)12(15)16/h1-4H,5-6H2. The molecule has 0 spiro atoms. The molecule has 0 unspecified atom stereocenters. The van der Waals surface area contributed by atoms with Gasteiger partial charge in [0, 0.05) is 17.8 Å². The van der Waals surface area contributed by atoms with Gasteiger partial charge in [-0.2, -0.15) is 0 Å². The minimum absolute atomic E-state index is 0.0401. The molecule has 0 saturated carbocycles. The lowest BCUT2D eigenvalue weighted by Crippen LogP contribution is -2.24. The van der Waals surface area contributed by atoms with Gasteiger partial charge in [-0.1, -0.05) is 0 Å². The highest BCUT2D eigenvalue weighted by Gasteiger charge is 2.28. The van der Waals surface area contributed by atoms with Gasteiger partial charge in [-0.3, -0.25) is 19.7 Å². The molecule has 0 atom stereocenters. The Morgan fingerprint density at radius 3 is 2.25 bits per heavy atom. The molecule has 1 aliphatic heterocycles. The molecule has 1 aromatic rings. The SMILES string of the molecule is O=C1CC(=O)N(c2ccc([N+](=O)[O-])cc2)C1. The Bertz CT molecular complexity index is 466.